The van der Waals surface area contributed by atoms with Crippen LogP contribution in [0.25, 0.3) is 0 Å². The Balaban J connectivity index is 2.59. The van der Waals surface area contributed by atoms with E-state index in [2.05, 4.69) is 0 Å². The van der Waals surface area contributed by atoms with Crippen molar-refractivity contribution >= 4 is 22.6 Å². The Morgan fingerprint density at radius 2 is 1.31 bits per heavy atom. The number of halogens is 5. The Bertz CT molecular complexity index is 403. The molecule has 2 nitrogen and oxygen atoms in total. The van der Waals surface area contributed by atoms with Crippen LogP contribution in [0.4, 0.5) is 17.6 Å². The first-order valence-electron chi connectivity index (χ1n) is 4.28. The lowest BCUT2D eigenvalue weighted by Gasteiger charge is -2.13. The van der Waals surface area contributed by atoms with Crippen LogP contribution in [0.1, 0.15) is 11.9 Å². The minimum absolute atomic E-state index is 0.124. The van der Waals surface area contributed by atoms with Gasteiger partial charge < -0.3 is 9.47 Å². The monoisotopic (exact) mass is 348 g/mol. The van der Waals surface area contributed by atoms with Crippen molar-refractivity contribution in [2.75, 3.05) is 13.2 Å². The van der Waals surface area contributed by atoms with E-state index < -0.39 is 38.7 Å². The van der Waals surface area contributed by atoms with E-state index in [1.54, 1.807) is 0 Å². The fraction of sp³-hybridized carbons (Fsp3) is 0.333. The Kier molecular flexibility index (Phi) is 3.36. The average molecular weight is 348 g/mol. The maximum Gasteiger partial charge on any atom is 0.189 e. The summed E-state index contributed by atoms with van der Waals surface area (Å²) in [6.07, 6.45) is -1.39. The molecule has 0 radical (unpaired) electrons. The van der Waals surface area contributed by atoms with Gasteiger partial charge in [0.25, 0.3) is 0 Å². The van der Waals surface area contributed by atoms with E-state index in [1.807, 2.05) is 0 Å². The van der Waals surface area contributed by atoms with E-state index >= 15 is 0 Å². The highest BCUT2D eigenvalue weighted by atomic mass is 127. The van der Waals surface area contributed by atoms with E-state index in [0.29, 0.717) is 0 Å². The SMILES string of the molecule is Fc1c(F)c(C2OCCO2)c(F)c(F)c1I. The zero-order valence-electron chi connectivity index (χ0n) is 7.70. The molecule has 0 saturated carbocycles. The molecule has 88 valence electrons. The predicted molar refractivity (Wildman–Crippen MR) is 53.6 cm³/mol. The lowest BCUT2D eigenvalue weighted by atomic mass is 10.1. The summed E-state index contributed by atoms with van der Waals surface area (Å²) in [5, 5.41) is 0. The molecule has 2 rings (SSSR count). The molecule has 7 heteroatoms. The molecule has 16 heavy (non-hydrogen) atoms. The van der Waals surface area contributed by atoms with Crippen LogP contribution in [0, 0.1) is 26.8 Å². The van der Waals surface area contributed by atoms with Crippen molar-refractivity contribution in [3.63, 3.8) is 0 Å². The molecule has 0 aromatic heterocycles. The lowest BCUT2D eigenvalue weighted by Crippen LogP contribution is -2.11. The maximum atomic E-state index is 13.4. The number of benzene rings is 1. The number of hydrogen-bond donors (Lipinski definition) is 0. The first-order valence-corrected chi connectivity index (χ1v) is 5.36. The van der Waals surface area contributed by atoms with Gasteiger partial charge in [-0.05, 0) is 22.6 Å². The molecule has 1 aliphatic rings. The minimum Gasteiger partial charge on any atom is -0.346 e. The summed E-state index contributed by atoms with van der Waals surface area (Å²) >= 11 is 1.19. The number of rotatable bonds is 1. The summed E-state index contributed by atoms with van der Waals surface area (Å²) in [6, 6.07) is 0. The van der Waals surface area contributed by atoms with Crippen LogP contribution < -0.4 is 0 Å². The molecule has 1 fully saturated rings. The molecule has 0 amide bonds. The van der Waals surface area contributed by atoms with Crippen LogP contribution in [-0.2, 0) is 9.47 Å². The summed E-state index contributed by atoms with van der Waals surface area (Å²) in [5.41, 5.74) is -0.854. The van der Waals surface area contributed by atoms with Crippen LogP contribution in [0.3, 0.4) is 0 Å². The third-order valence-electron chi connectivity index (χ3n) is 2.10. The molecule has 1 saturated heterocycles. The van der Waals surface area contributed by atoms with E-state index in [1.165, 1.54) is 22.6 Å². The van der Waals surface area contributed by atoms with Crippen molar-refractivity contribution in [1.82, 2.24) is 0 Å². The van der Waals surface area contributed by atoms with Crippen molar-refractivity contribution in [2.24, 2.45) is 0 Å². The molecule has 1 aromatic rings. The predicted octanol–water partition coefficient (Wildman–Crippen LogP) is 2.89. The smallest absolute Gasteiger partial charge is 0.189 e. The van der Waals surface area contributed by atoms with Crippen LogP contribution >= 0.6 is 22.6 Å². The Hall–Kier alpha value is -0.410. The second-order valence-corrected chi connectivity index (χ2v) is 4.14. The van der Waals surface area contributed by atoms with Gasteiger partial charge in [-0.1, -0.05) is 0 Å². The first kappa shape index (κ1) is 12.1. The lowest BCUT2D eigenvalue weighted by molar-refractivity contribution is -0.0498. The van der Waals surface area contributed by atoms with Crippen molar-refractivity contribution in [3.05, 3.63) is 32.4 Å². The van der Waals surface area contributed by atoms with E-state index in [4.69, 9.17) is 9.47 Å². The fourth-order valence-electron chi connectivity index (χ4n) is 1.35. The van der Waals surface area contributed by atoms with Crippen LogP contribution in [0.15, 0.2) is 0 Å². The third-order valence-corrected chi connectivity index (χ3v) is 3.05. The highest BCUT2D eigenvalue weighted by Crippen LogP contribution is 2.33. The van der Waals surface area contributed by atoms with Gasteiger partial charge in [-0.3, -0.25) is 0 Å². The Labute approximate surface area is 102 Å². The van der Waals surface area contributed by atoms with Gasteiger partial charge in [0.2, 0.25) is 0 Å². The molecule has 0 spiro atoms. The second kappa shape index (κ2) is 4.46. The quantitative estimate of drug-likeness (QED) is 0.336. The van der Waals surface area contributed by atoms with Gasteiger partial charge >= 0.3 is 0 Å². The van der Waals surface area contributed by atoms with Gasteiger partial charge in [-0.2, -0.15) is 0 Å². The molecular formula is C9H5F4IO2. The molecule has 1 heterocycles. The average Bonchev–Trinajstić information content (AvgIpc) is 2.77. The van der Waals surface area contributed by atoms with E-state index in [-0.39, 0.29) is 13.2 Å². The van der Waals surface area contributed by atoms with Crippen LogP contribution in [-0.4, -0.2) is 13.2 Å². The van der Waals surface area contributed by atoms with E-state index in [0.717, 1.165) is 0 Å². The van der Waals surface area contributed by atoms with Gasteiger partial charge in [0.1, 0.15) is 0 Å². The van der Waals surface area contributed by atoms with Gasteiger partial charge in [-0.25, -0.2) is 17.6 Å². The fourth-order valence-corrected chi connectivity index (χ4v) is 1.83. The molecular weight excluding hydrogens is 343 g/mol. The van der Waals surface area contributed by atoms with Gasteiger partial charge in [0.05, 0.1) is 22.3 Å². The Morgan fingerprint density at radius 1 is 0.875 bits per heavy atom. The first-order chi connectivity index (χ1) is 7.54. The summed E-state index contributed by atoms with van der Waals surface area (Å²) in [7, 11) is 0. The molecule has 0 aliphatic carbocycles. The van der Waals surface area contributed by atoms with E-state index in [9.17, 15) is 17.6 Å². The molecule has 0 N–H and O–H groups in total. The zero-order valence-corrected chi connectivity index (χ0v) is 9.86. The maximum absolute atomic E-state index is 13.4. The molecule has 0 unspecified atom stereocenters. The minimum atomic E-state index is -1.48. The van der Waals surface area contributed by atoms with Crippen molar-refractivity contribution in [1.29, 1.82) is 0 Å². The normalized spacial score (nSPS) is 17.1. The third kappa shape index (κ3) is 1.80. The summed E-state index contributed by atoms with van der Waals surface area (Å²) < 4.78 is 62.1. The number of ether oxygens (including phenoxy) is 2. The van der Waals surface area contributed by atoms with Crippen molar-refractivity contribution in [3.8, 4) is 0 Å². The second-order valence-electron chi connectivity index (χ2n) is 3.06. The molecule has 1 aliphatic heterocycles. The van der Waals surface area contributed by atoms with Crippen molar-refractivity contribution < 1.29 is 27.0 Å². The molecule has 1 aromatic carbocycles. The largest absolute Gasteiger partial charge is 0.346 e. The Morgan fingerprint density at radius 3 is 1.75 bits per heavy atom. The van der Waals surface area contributed by atoms with Gasteiger partial charge in [-0.15, -0.1) is 0 Å². The van der Waals surface area contributed by atoms with Gasteiger partial charge in [0, 0.05) is 0 Å². The molecule has 0 bridgehead atoms. The summed E-state index contributed by atoms with van der Waals surface area (Å²) in [5.74, 6) is -5.83. The standard InChI is InChI=1S/C9H5F4IO2/c10-4-3(9-15-1-2-16-9)5(11)7(13)8(14)6(4)12/h9H,1-2H2. The highest BCUT2D eigenvalue weighted by molar-refractivity contribution is 14.1. The molecule has 0 atom stereocenters. The van der Waals surface area contributed by atoms with Gasteiger partial charge in [0.15, 0.2) is 29.6 Å². The van der Waals surface area contributed by atoms with Crippen LogP contribution in [0.2, 0.25) is 0 Å². The van der Waals surface area contributed by atoms with Crippen LogP contribution in [0.5, 0.6) is 0 Å². The zero-order chi connectivity index (χ0) is 11.9. The number of hydrogen-bond acceptors (Lipinski definition) is 2. The summed E-state index contributed by atoms with van der Waals surface area (Å²) in [6.45, 7) is 0.248. The topological polar surface area (TPSA) is 18.5 Å². The highest BCUT2D eigenvalue weighted by Gasteiger charge is 2.32. The van der Waals surface area contributed by atoms with Crippen molar-refractivity contribution in [2.45, 2.75) is 6.29 Å². The summed E-state index contributed by atoms with van der Waals surface area (Å²) in [4.78, 5) is 0.